The van der Waals surface area contributed by atoms with Gasteiger partial charge >= 0.3 is 0 Å². The molecule has 216 valence electrons. The van der Waals surface area contributed by atoms with E-state index in [9.17, 15) is 4.79 Å². The maximum atomic E-state index is 13.6. The summed E-state index contributed by atoms with van der Waals surface area (Å²) in [5.74, 6) is 0. The first kappa shape index (κ1) is 27.2. The molecule has 2 aromatic heterocycles. The molecule has 3 N–H and O–H groups in total. The van der Waals surface area contributed by atoms with Crippen molar-refractivity contribution in [2.45, 2.75) is 51.7 Å². The zero-order chi connectivity index (χ0) is 29.2. The minimum atomic E-state index is -0.156. The second-order valence-electron chi connectivity index (χ2n) is 11.7. The molecule has 0 amide bonds. The Morgan fingerprint density at radius 1 is 0.837 bits per heavy atom. The molecule has 6 heteroatoms. The highest BCUT2D eigenvalue weighted by Crippen LogP contribution is 2.34. The number of nitrogens with zero attached hydrogens (tertiary/aromatic N) is 3. The lowest BCUT2D eigenvalue weighted by Gasteiger charge is -2.26. The maximum Gasteiger partial charge on any atom is 0.275 e. The Labute approximate surface area is 251 Å². The Morgan fingerprint density at radius 2 is 1.51 bits per heavy atom. The molecule has 2 heterocycles. The van der Waals surface area contributed by atoms with Gasteiger partial charge < -0.3 is 20.2 Å². The number of aryl methyl sites for hydroxylation is 3. The fourth-order valence-corrected chi connectivity index (χ4v) is 6.46. The van der Waals surface area contributed by atoms with Gasteiger partial charge in [0.1, 0.15) is 5.69 Å². The van der Waals surface area contributed by atoms with Crippen molar-refractivity contribution in [2.24, 2.45) is 5.73 Å². The first-order valence-electron chi connectivity index (χ1n) is 15.4. The highest BCUT2D eigenvalue weighted by Gasteiger charge is 2.19. The quantitative estimate of drug-likeness (QED) is 0.198. The molecule has 6 aromatic rings. The third-order valence-corrected chi connectivity index (χ3v) is 8.68. The van der Waals surface area contributed by atoms with Crippen molar-refractivity contribution in [1.82, 2.24) is 14.5 Å². The molecule has 0 unspecified atom stereocenters. The van der Waals surface area contributed by atoms with Gasteiger partial charge in [0.05, 0.1) is 11.0 Å². The van der Waals surface area contributed by atoms with Crippen LogP contribution >= 0.6 is 0 Å². The summed E-state index contributed by atoms with van der Waals surface area (Å²) >= 11 is 0. The fraction of sp³-hybridized carbons (Fsp3) is 0.243. The largest absolute Gasteiger partial charge is 0.363 e. The summed E-state index contributed by atoms with van der Waals surface area (Å²) in [6.45, 7) is 2.92. The number of aromatic nitrogens is 3. The molecule has 0 radical (unpaired) electrons. The van der Waals surface area contributed by atoms with Crippen molar-refractivity contribution < 1.29 is 0 Å². The number of anilines is 1. The zero-order valence-electron chi connectivity index (χ0n) is 24.4. The van der Waals surface area contributed by atoms with Gasteiger partial charge in [-0.05, 0) is 91.2 Å². The van der Waals surface area contributed by atoms with E-state index >= 15 is 0 Å². The summed E-state index contributed by atoms with van der Waals surface area (Å²) in [5, 5.41) is 1.02. The fourth-order valence-electron chi connectivity index (χ4n) is 6.46. The Balaban J connectivity index is 1.36. The highest BCUT2D eigenvalue weighted by atomic mass is 16.1. The zero-order valence-corrected chi connectivity index (χ0v) is 24.4. The van der Waals surface area contributed by atoms with E-state index in [1.807, 2.05) is 0 Å². The molecule has 0 saturated carbocycles. The number of nitrogens with two attached hydrogens (primary N) is 1. The van der Waals surface area contributed by atoms with Crippen molar-refractivity contribution in [2.75, 3.05) is 11.4 Å². The molecular weight excluding hydrogens is 530 g/mol. The van der Waals surface area contributed by atoms with E-state index in [1.54, 1.807) is 0 Å². The second kappa shape index (κ2) is 11.9. The van der Waals surface area contributed by atoms with E-state index in [4.69, 9.17) is 10.7 Å². The van der Waals surface area contributed by atoms with E-state index < -0.39 is 0 Å². The van der Waals surface area contributed by atoms with Gasteiger partial charge in [0.15, 0.2) is 0 Å². The summed E-state index contributed by atoms with van der Waals surface area (Å²) < 4.78 is 2.22. The standard InChI is InChI=1S/C37H37N5O/c38-18-9-19-41-25-32(36-37(43)40-34-21-29-15-8-7-14-28(29)20-33(34)39-36)31-22-30(16-17-35(31)41)42(23-26-10-3-1-4-11-26)24-27-12-5-2-6-13-27/h1-6,10-13,16-17,20-22,25H,7-9,14-15,18-19,23-24,38H2,(H,40,43). The van der Waals surface area contributed by atoms with Gasteiger partial charge in [-0.2, -0.15) is 0 Å². The summed E-state index contributed by atoms with van der Waals surface area (Å²) in [7, 11) is 0. The van der Waals surface area contributed by atoms with Crippen LogP contribution in [0.5, 0.6) is 0 Å². The monoisotopic (exact) mass is 567 g/mol. The molecule has 0 aliphatic heterocycles. The molecule has 0 bridgehead atoms. The second-order valence-corrected chi connectivity index (χ2v) is 11.7. The molecule has 4 aromatic carbocycles. The van der Waals surface area contributed by atoms with E-state index in [1.165, 1.54) is 35.1 Å². The normalized spacial score (nSPS) is 13.0. The number of rotatable bonds is 9. The molecule has 0 atom stereocenters. The molecule has 6 nitrogen and oxygen atoms in total. The van der Waals surface area contributed by atoms with E-state index in [-0.39, 0.29) is 5.56 Å². The summed E-state index contributed by atoms with van der Waals surface area (Å²) in [4.78, 5) is 24.2. The van der Waals surface area contributed by atoms with E-state index in [0.717, 1.165) is 72.1 Å². The first-order chi connectivity index (χ1) is 21.2. The molecule has 1 aliphatic rings. The number of hydrogen-bond acceptors (Lipinski definition) is 4. The highest BCUT2D eigenvalue weighted by molar-refractivity contribution is 5.98. The number of fused-ring (bicyclic) bond motifs is 3. The van der Waals surface area contributed by atoms with Gasteiger partial charge in [0, 0.05) is 48.0 Å². The van der Waals surface area contributed by atoms with Crippen LogP contribution in [0.1, 0.15) is 41.5 Å². The molecule has 1 aliphatic carbocycles. The lowest BCUT2D eigenvalue weighted by atomic mass is 9.91. The van der Waals surface area contributed by atoms with Crippen molar-refractivity contribution >= 4 is 27.6 Å². The molecule has 0 fully saturated rings. The summed E-state index contributed by atoms with van der Waals surface area (Å²) in [6.07, 6.45) is 7.48. The van der Waals surface area contributed by atoms with Gasteiger partial charge in [-0.1, -0.05) is 60.7 Å². The topological polar surface area (TPSA) is 79.9 Å². The van der Waals surface area contributed by atoms with Gasteiger partial charge in [0.2, 0.25) is 0 Å². The summed E-state index contributed by atoms with van der Waals surface area (Å²) in [5.41, 5.74) is 16.1. The van der Waals surface area contributed by atoms with Gasteiger partial charge in [0.25, 0.3) is 5.56 Å². The predicted octanol–water partition coefficient (Wildman–Crippen LogP) is 6.98. The lowest BCUT2D eigenvalue weighted by Crippen LogP contribution is -2.22. The van der Waals surface area contributed by atoms with Crippen molar-refractivity contribution in [3.63, 3.8) is 0 Å². The Bertz CT molecular complexity index is 1900. The molecule has 0 spiro atoms. The Kier molecular flexibility index (Phi) is 7.52. The minimum absolute atomic E-state index is 0.156. The molecule has 43 heavy (non-hydrogen) atoms. The third kappa shape index (κ3) is 5.58. The van der Waals surface area contributed by atoms with Gasteiger partial charge in [-0.25, -0.2) is 4.98 Å². The number of H-pyrrole nitrogens is 1. The number of hydrogen-bond donors (Lipinski definition) is 2. The Hall–Kier alpha value is -4.68. The van der Waals surface area contributed by atoms with Crippen LogP contribution in [0.3, 0.4) is 0 Å². The van der Waals surface area contributed by atoms with Crippen LogP contribution in [-0.2, 0) is 32.5 Å². The number of aromatic amines is 1. The van der Waals surface area contributed by atoms with Crippen molar-refractivity contribution in [3.8, 4) is 11.3 Å². The lowest BCUT2D eigenvalue weighted by molar-refractivity contribution is 0.671. The maximum absolute atomic E-state index is 13.6. The van der Waals surface area contributed by atoms with Crippen LogP contribution in [0.4, 0.5) is 5.69 Å². The predicted molar refractivity (Wildman–Crippen MR) is 176 cm³/mol. The first-order valence-corrected chi connectivity index (χ1v) is 15.4. The van der Waals surface area contributed by atoms with Crippen LogP contribution in [0.25, 0.3) is 33.2 Å². The van der Waals surface area contributed by atoms with Crippen LogP contribution in [0, 0.1) is 0 Å². The van der Waals surface area contributed by atoms with Gasteiger partial charge in [-0.3, -0.25) is 4.79 Å². The van der Waals surface area contributed by atoms with Gasteiger partial charge in [-0.15, -0.1) is 0 Å². The van der Waals surface area contributed by atoms with Crippen molar-refractivity contribution in [3.05, 3.63) is 130 Å². The van der Waals surface area contributed by atoms with Crippen LogP contribution in [0.2, 0.25) is 0 Å². The van der Waals surface area contributed by atoms with E-state index in [0.29, 0.717) is 12.2 Å². The number of nitrogens with one attached hydrogen (secondary N) is 1. The average Bonchev–Trinajstić information content (AvgIpc) is 3.40. The van der Waals surface area contributed by atoms with Crippen molar-refractivity contribution in [1.29, 1.82) is 0 Å². The van der Waals surface area contributed by atoms with Crippen LogP contribution in [0.15, 0.2) is 102 Å². The Morgan fingerprint density at radius 3 is 2.19 bits per heavy atom. The average molecular weight is 568 g/mol. The molecule has 0 saturated heterocycles. The number of benzene rings is 4. The summed E-state index contributed by atoms with van der Waals surface area (Å²) in [6, 6.07) is 32.1. The minimum Gasteiger partial charge on any atom is -0.363 e. The van der Waals surface area contributed by atoms with Crippen LogP contribution < -0.4 is 16.2 Å². The molecular formula is C37H37N5O. The smallest absolute Gasteiger partial charge is 0.275 e. The third-order valence-electron chi connectivity index (χ3n) is 8.68. The van der Waals surface area contributed by atoms with E-state index in [2.05, 4.69) is 112 Å². The SMILES string of the molecule is NCCCn1cc(-c2nc3cc4c(cc3[nH]c2=O)CCCC4)c2cc(N(Cc3ccccc3)Cc3ccccc3)ccc21. The van der Waals surface area contributed by atoms with Crippen LogP contribution in [-0.4, -0.2) is 21.1 Å². The molecule has 7 rings (SSSR count).